The van der Waals surface area contributed by atoms with Gasteiger partial charge in [-0.1, -0.05) is 19.0 Å². The van der Waals surface area contributed by atoms with E-state index in [1.165, 1.54) is 19.5 Å². The molecule has 0 bridgehead atoms. The monoisotopic (exact) mass is 213 g/mol. The van der Waals surface area contributed by atoms with Crippen LogP contribution in [0, 0.1) is 11.8 Å². The van der Waals surface area contributed by atoms with E-state index in [4.69, 9.17) is 10.9 Å². The van der Waals surface area contributed by atoms with Crippen LogP contribution < -0.4 is 5.73 Å². The van der Waals surface area contributed by atoms with Gasteiger partial charge in [0.2, 0.25) is 0 Å². The number of hydrogen-bond acceptors (Lipinski definition) is 3. The number of nitrogens with zero attached hydrogens (tertiary/aromatic N) is 2. The number of nitrogens with two attached hydrogens (primary N) is 1. The van der Waals surface area contributed by atoms with E-state index in [1.807, 2.05) is 0 Å². The lowest BCUT2D eigenvalue weighted by Crippen LogP contribution is -2.39. The number of oxime groups is 1. The molecule has 1 fully saturated rings. The molecule has 1 aliphatic rings. The van der Waals surface area contributed by atoms with E-state index in [9.17, 15) is 0 Å². The maximum absolute atomic E-state index is 8.40. The molecule has 2 atom stereocenters. The van der Waals surface area contributed by atoms with Gasteiger partial charge in [-0.25, -0.2) is 0 Å². The predicted molar refractivity (Wildman–Crippen MR) is 62.0 cm³/mol. The van der Waals surface area contributed by atoms with E-state index in [1.54, 1.807) is 0 Å². The fourth-order valence-corrected chi connectivity index (χ4v) is 2.09. The Balaban J connectivity index is 2.17. The summed E-state index contributed by atoms with van der Waals surface area (Å²) in [6.45, 7) is 8.10. The standard InChI is InChI=1S/C11H23N3O/c1-9-5-7-14(8-10(9)2)6-3-4-11(12)13-15/h9-10,15H,3-8H2,1-2H3,(H2,12,13). The third-order valence-corrected chi connectivity index (χ3v) is 3.45. The molecule has 2 unspecified atom stereocenters. The maximum atomic E-state index is 8.40. The average Bonchev–Trinajstić information content (AvgIpc) is 2.23. The van der Waals surface area contributed by atoms with Gasteiger partial charge in [0.25, 0.3) is 0 Å². The summed E-state index contributed by atoms with van der Waals surface area (Å²) in [7, 11) is 0. The zero-order valence-electron chi connectivity index (χ0n) is 9.82. The zero-order chi connectivity index (χ0) is 11.3. The van der Waals surface area contributed by atoms with E-state index in [0.717, 1.165) is 24.8 Å². The minimum Gasteiger partial charge on any atom is -0.409 e. The first-order chi connectivity index (χ1) is 7.13. The lowest BCUT2D eigenvalue weighted by molar-refractivity contribution is 0.138. The van der Waals surface area contributed by atoms with Crippen LogP contribution in [-0.4, -0.2) is 35.6 Å². The molecule has 1 rings (SSSR count). The van der Waals surface area contributed by atoms with E-state index >= 15 is 0 Å². The molecule has 1 saturated heterocycles. The van der Waals surface area contributed by atoms with Crippen molar-refractivity contribution >= 4 is 5.84 Å². The number of amidine groups is 1. The molecule has 4 heteroatoms. The van der Waals surface area contributed by atoms with Crippen LogP contribution in [0.25, 0.3) is 0 Å². The van der Waals surface area contributed by atoms with E-state index in [0.29, 0.717) is 12.3 Å². The summed E-state index contributed by atoms with van der Waals surface area (Å²) in [4.78, 5) is 2.48. The quantitative estimate of drug-likeness (QED) is 0.322. The Morgan fingerprint density at radius 1 is 1.47 bits per heavy atom. The van der Waals surface area contributed by atoms with Crippen LogP contribution in [0.2, 0.25) is 0 Å². The molecule has 0 amide bonds. The Morgan fingerprint density at radius 2 is 2.20 bits per heavy atom. The highest BCUT2D eigenvalue weighted by Gasteiger charge is 2.21. The van der Waals surface area contributed by atoms with Crippen LogP contribution in [0.5, 0.6) is 0 Å². The smallest absolute Gasteiger partial charge is 0.139 e. The molecule has 4 nitrogen and oxygen atoms in total. The van der Waals surface area contributed by atoms with E-state index in [-0.39, 0.29) is 0 Å². The van der Waals surface area contributed by atoms with Crippen molar-refractivity contribution in [1.82, 2.24) is 4.90 Å². The van der Waals surface area contributed by atoms with Crippen molar-refractivity contribution in [2.45, 2.75) is 33.1 Å². The van der Waals surface area contributed by atoms with Crippen molar-refractivity contribution in [3.05, 3.63) is 0 Å². The zero-order valence-corrected chi connectivity index (χ0v) is 9.82. The minimum atomic E-state index is 0.341. The number of hydrogen-bond donors (Lipinski definition) is 2. The summed E-state index contributed by atoms with van der Waals surface area (Å²) in [6, 6.07) is 0. The minimum absolute atomic E-state index is 0.341. The van der Waals surface area contributed by atoms with Crippen LogP contribution in [0.3, 0.4) is 0 Å². The van der Waals surface area contributed by atoms with Crippen LogP contribution >= 0.6 is 0 Å². The Morgan fingerprint density at radius 3 is 2.80 bits per heavy atom. The molecule has 0 spiro atoms. The molecule has 0 aliphatic carbocycles. The van der Waals surface area contributed by atoms with Crippen LogP contribution in [0.4, 0.5) is 0 Å². The molecule has 1 heterocycles. The SMILES string of the molecule is CC1CCN(CCCC(N)=NO)CC1C. The predicted octanol–water partition coefficient (Wildman–Crippen LogP) is 1.49. The topological polar surface area (TPSA) is 61.8 Å². The Hall–Kier alpha value is -0.770. The van der Waals surface area contributed by atoms with Crippen molar-refractivity contribution < 1.29 is 5.21 Å². The van der Waals surface area contributed by atoms with Gasteiger partial charge in [0, 0.05) is 13.0 Å². The molecular formula is C11H23N3O. The van der Waals surface area contributed by atoms with Crippen molar-refractivity contribution in [3.8, 4) is 0 Å². The Bertz CT molecular complexity index is 218. The Labute approximate surface area is 92.1 Å². The van der Waals surface area contributed by atoms with Gasteiger partial charge in [-0.3, -0.25) is 0 Å². The lowest BCUT2D eigenvalue weighted by Gasteiger charge is -2.35. The molecule has 0 aromatic heterocycles. The van der Waals surface area contributed by atoms with Crippen LogP contribution in [0.1, 0.15) is 33.1 Å². The molecule has 88 valence electrons. The van der Waals surface area contributed by atoms with Crippen LogP contribution in [-0.2, 0) is 0 Å². The summed E-state index contributed by atoms with van der Waals surface area (Å²) in [6.07, 6.45) is 2.97. The van der Waals surface area contributed by atoms with Gasteiger partial charge in [-0.15, -0.1) is 0 Å². The van der Waals surface area contributed by atoms with Crippen molar-refractivity contribution in [3.63, 3.8) is 0 Å². The van der Waals surface area contributed by atoms with E-state index < -0.39 is 0 Å². The average molecular weight is 213 g/mol. The third-order valence-electron chi connectivity index (χ3n) is 3.45. The van der Waals surface area contributed by atoms with E-state index in [2.05, 4.69) is 23.9 Å². The molecule has 15 heavy (non-hydrogen) atoms. The molecule has 0 radical (unpaired) electrons. The lowest BCUT2D eigenvalue weighted by atomic mass is 9.88. The van der Waals surface area contributed by atoms with Gasteiger partial charge in [0.1, 0.15) is 5.84 Å². The highest BCUT2D eigenvalue weighted by atomic mass is 16.4. The number of likely N-dealkylation sites (tertiary alicyclic amines) is 1. The second kappa shape index (κ2) is 5.95. The first-order valence-electron chi connectivity index (χ1n) is 5.82. The highest BCUT2D eigenvalue weighted by Crippen LogP contribution is 2.22. The van der Waals surface area contributed by atoms with Gasteiger partial charge >= 0.3 is 0 Å². The fraction of sp³-hybridized carbons (Fsp3) is 0.909. The molecule has 0 aromatic rings. The molecule has 1 aliphatic heterocycles. The first kappa shape index (κ1) is 12.3. The first-order valence-corrected chi connectivity index (χ1v) is 5.82. The fourth-order valence-electron chi connectivity index (χ4n) is 2.09. The molecule has 0 aromatic carbocycles. The maximum Gasteiger partial charge on any atom is 0.139 e. The number of rotatable bonds is 4. The van der Waals surface area contributed by atoms with Gasteiger partial charge in [-0.05, 0) is 37.8 Å². The molecule has 3 N–H and O–H groups in total. The van der Waals surface area contributed by atoms with Gasteiger partial charge < -0.3 is 15.8 Å². The largest absolute Gasteiger partial charge is 0.409 e. The number of piperidine rings is 1. The van der Waals surface area contributed by atoms with Crippen molar-refractivity contribution in [2.75, 3.05) is 19.6 Å². The molecule has 0 saturated carbocycles. The van der Waals surface area contributed by atoms with Crippen LogP contribution in [0.15, 0.2) is 5.16 Å². The van der Waals surface area contributed by atoms with Gasteiger partial charge in [0.05, 0.1) is 0 Å². The summed E-state index contributed by atoms with van der Waals surface area (Å²) in [5.41, 5.74) is 5.42. The Kier molecular flexibility index (Phi) is 4.88. The summed E-state index contributed by atoms with van der Waals surface area (Å²) >= 11 is 0. The second-order valence-electron chi connectivity index (χ2n) is 4.74. The van der Waals surface area contributed by atoms with Crippen molar-refractivity contribution in [1.29, 1.82) is 0 Å². The second-order valence-corrected chi connectivity index (χ2v) is 4.74. The third kappa shape index (κ3) is 4.08. The summed E-state index contributed by atoms with van der Waals surface area (Å²) in [5.74, 6) is 1.99. The summed E-state index contributed by atoms with van der Waals surface area (Å²) < 4.78 is 0. The van der Waals surface area contributed by atoms with Gasteiger partial charge in [0.15, 0.2) is 0 Å². The normalized spacial score (nSPS) is 29.3. The van der Waals surface area contributed by atoms with Crippen molar-refractivity contribution in [2.24, 2.45) is 22.7 Å². The molecular weight excluding hydrogens is 190 g/mol. The van der Waals surface area contributed by atoms with Gasteiger partial charge in [-0.2, -0.15) is 0 Å². The highest BCUT2D eigenvalue weighted by molar-refractivity contribution is 5.79. The summed E-state index contributed by atoms with van der Waals surface area (Å²) in [5, 5.41) is 11.4.